The van der Waals surface area contributed by atoms with E-state index in [1.54, 1.807) is 38.1 Å². The zero-order valence-corrected chi connectivity index (χ0v) is 24.1. The van der Waals surface area contributed by atoms with Crippen LogP contribution in [0, 0.1) is 0 Å². The Bertz CT molecular complexity index is 1260. The Hall–Kier alpha value is -4.24. The second kappa shape index (κ2) is 16.3. The smallest absolute Gasteiger partial charge is 0.481 e. The number of ether oxygens (including phenoxy) is 2. The van der Waals surface area contributed by atoms with Crippen LogP contribution in [0.2, 0.25) is 0 Å². The van der Waals surface area contributed by atoms with Gasteiger partial charge >= 0.3 is 18.1 Å². The highest BCUT2D eigenvalue weighted by molar-refractivity contribution is 7.99. The Balaban J connectivity index is 1.77. The lowest BCUT2D eigenvalue weighted by molar-refractivity contribution is -0.157. The molecule has 1 fully saturated rings. The van der Waals surface area contributed by atoms with Crippen LogP contribution >= 0.6 is 11.8 Å². The minimum absolute atomic E-state index is 0.0360. The molecule has 2 heterocycles. The molecule has 1 aliphatic heterocycles. The van der Waals surface area contributed by atoms with Crippen molar-refractivity contribution in [2.24, 2.45) is 0 Å². The van der Waals surface area contributed by atoms with E-state index in [1.807, 2.05) is 6.07 Å². The van der Waals surface area contributed by atoms with E-state index in [0.717, 1.165) is 11.8 Å². The van der Waals surface area contributed by atoms with Crippen LogP contribution in [-0.2, 0) is 28.7 Å². The summed E-state index contributed by atoms with van der Waals surface area (Å²) in [7, 11) is 0. The van der Waals surface area contributed by atoms with Crippen LogP contribution < -0.4 is 5.32 Å². The van der Waals surface area contributed by atoms with Gasteiger partial charge in [-0.2, -0.15) is 0 Å². The van der Waals surface area contributed by atoms with Gasteiger partial charge in [0.2, 0.25) is 5.91 Å². The van der Waals surface area contributed by atoms with Gasteiger partial charge in [-0.15, -0.1) is 5.06 Å². The Morgan fingerprint density at radius 3 is 2.33 bits per heavy atom. The molecule has 2 N–H and O–H groups in total. The molecule has 15 heteroatoms. The maximum Gasteiger partial charge on any atom is 0.527 e. The van der Waals surface area contributed by atoms with E-state index >= 15 is 0 Å². The predicted molar refractivity (Wildman–Crippen MR) is 149 cm³/mol. The zero-order valence-electron chi connectivity index (χ0n) is 23.3. The number of hydrogen-bond acceptors (Lipinski definition) is 12. The van der Waals surface area contributed by atoms with Crippen LogP contribution in [0.15, 0.2) is 41.4 Å². The molecular formula is C27H33N5O9S. The van der Waals surface area contributed by atoms with Crippen LogP contribution in [0.25, 0.3) is 11.4 Å². The van der Waals surface area contributed by atoms with E-state index in [2.05, 4.69) is 15.3 Å². The minimum Gasteiger partial charge on any atom is -0.481 e. The largest absolute Gasteiger partial charge is 0.527 e. The van der Waals surface area contributed by atoms with Crippen molar-refractivity contribution in [1.82, 2.24) is 25.2 Å². The molecule has 1 aliphatic rings. The molecular weight excluding hydrogens is 570 g/mol. The quantitative estimate of drug-likeness (QED) is 0.193. The van der Waals surface area contributed by atoms with Crippen LogP contribution in [0.1, 0.15) is 37.2 Å². The standard InChI is InChI=1S/C27H33N5O9S/c1-3-39-23(35)17-42-21-16-20(28-24(30-21)18-8-6-5-7-9-18)25(36)29-19(10-11-22(33)34)26(37)31-12-14-32(15-13-31)41-27(38)40-4-2/h5-9,16,19H,3-4,10-15,17H2,1-2H3,(H,29,36)(H,33,34)/t19-/m0/s1. The Morgan fingerprint density at radius 2 is 1.69 bits per heavy atom. The summed E-state index contributed by atoms with van der Waals surface area (Å²) in [5.41, 5.74) is 0.572. The number of carbonyl (C=O) groups excluding carboxylic acids is 4. The molecule has 226 valence electrons. The van der Waals surface area contributed by atoms with Gasteiger partial charge in [-0.1, -0.05) is 42.1 Å². The first kappa shape index (κ1) is 32.3. The van der Waals surface area contributed by atoms with Gasteiger partial charge in [-0.3, -0.25) is 19.2 Å². The second-order valence-electron chi connectivity index (χ2n) is 8.86. The summed E-state index contributed by atoms with van der Waals surface area (Å²) < 4.78 is 9.73. The number of aromatic nitrogens is 2. The normalized spacial score (nSPS) is 14.0. The lowest BCUT2D eigenvalue weighted by Gasteiger charge is -2.35. The third-order valence-electron chi connectivity index (χ3n) is 5.88. The number of nitrogens with zero attached hydrogens (tertiary/aromatic N) is 4. The minimum atomic E-state index is -1.16. The van der Waals surface area contributed by atoms with Crippen LogP contribution in [0.3, 0.4) is 0 Å². The van der Waals surface area contributed by atoms with Crippen molar-refractivity contribution < 1.29 is 43.4 Å². The molecule has 1 aromatic carbocycles. The number of esters is 1. The molecule has 42 heavy (non-hydrogen) atoms. The summed E-state index contributed by atoms with van der Waals surface area (Å²) in [5.74, 6) is -2.55. The molecule has 0 saturated carbocycles. The zero-order chi connectivity index (χ0) is 30.5. The van der Waals surface area contributed by atoms with Gasteiger partial charge in [0.1, 0.15) is 16.8 Å². The van der Waals surface area contributed by atoms with Crippen molar-refractivity contribution in [2.75, 3.05) is 45.1 Å². The van der Waals surface area contributed by atoms with Crippen LogP contribution in [-0.4, -0.2) is 106 Å². The first-order chi connectivity index (χ1) is 20.2. The summed E-state index contributed by atoms with van der Waals surface area (Å²) in [4.78, 5) is 77.0. The number of aliphatic carboxylic acids is 1. The highest BCUT2D eigenvalue weighted by atomic mass is 32.2. The molecule has 0 unspecified atom stereocenters. The fourth-order valence-corrected chi connectivity index (χ4v) is 4.59. The van der Waals surface area contributed by atoms with Gasteiger partial charge in [0.05, 0.1) is 32.1 Å². The highest BCUT2D eigenvalue weighted by Gasteiger charge is 2.31. The number of piperazine rings is 1. The Morgan fingerprint density at radius 1 is 1.00 bits per heavy atom. The topological polar surface area (TPSA) is 178 Å². The first-order valence-electron chi connectivity index (χ1n) is 13.3. The molecule has 1 atom stereocenters. The van der Waals surface area contributed by atoms with Crippen molar-refractivity contribution in [2.45, 2.75) is 37.8 Å². The van der Waals surface area contributed by atoms with Gasteiger partial charge in [0.25, 0.3) is 5.91 Å². The van der Waals surface area contributed by atoms with E-state index in [-0.39, 0.29) is 69.5 Å². The van der Waals surface area contributed by atoms with E-state index in [0.29, 0.717) is 10.6 Å². The molecule has 3 rings (SSSR count). The lowest BCUT2D eigenvalue weighted by Crippen LogP contribution is -2.55. The number of hydroxylamine groups is 2. The van der Waals surface area contributed by atoms with E-state index < -0.39 is 36.0 Å². The fraction of sp³-hybridized carbons (Fsp3) is 0.444. The number of nitrogens with one attached hydrogen (secondary N) is 1. The number of carbonyl (C=O) groups is 5. The number of carboxylic acids is 1. The Kier molecular flexibility index (Phi) is 12.5. The summed E-state index contributed by atoms with van der Waals surface area (Å²) in [6, 6.07) is 9.16. The van der Waals surface area contributed by atoms with Crippen LogP contribution in [0.5, 0.6) is 0 Å². The second-order valence-corrected chi connectivity index (χ2v) is 9.86. The fourth-order valence-electron chi connectivity index (χ4n) is 3.89. The van der Waals surface area contributed by atoms with Crippen molar-refractivity contribution in [3.63, 3.8) is 0 Å². The van der Waals surface area contributed by atoms with Crippen molar-refractivity contribution in [3.05, 3.63) is 42.1 Å². The molecule has 0 aliphatic carbocycles. The maximum atomic E-state index is 13.4. The third kappa shape index (κ3) is 9.99. The third-order valence-corrected chi connectivity index (χ3v) is 6.76. The molecule has 1 saturated heterocycles. The number of thioether (sulfide) groups is 1. The average molecular weight is 604 g/mol. The predicted octanol–water partition coefficient (Wildman–Crippen LogP) is 1.99. The van der Waals surface area contributed by atoms with E-state index in [4.69, 9.17) is 14.3 Å². The van der Waals surface area contributed by atoms with Gasteiger partial charge in [-0.25, -0.2) is 14.8 Å². The first-order valence-corrected chi connectivity index (χ1v) is 14.3. The van der Waals surface area contributed by atoms with Crippen LogP contribution in [0.4, 0.5) is 4.79 Å². The van der Waals surface area contributed by atoms with Crippen molar-refractivity contribution in [1.29, 1.82) is 0 Å². The average Bonchev–Trinajstić information content (AvgIpc) is 2.98. The molecule has 0 bridgehead atoms. The van der Waals surface area contributed by atoms with Gasteiger partial charge in [-0.05, 0) is 20.3 Å². The SMILES string of the molecule is CCOC(=O)CSc1cc(C(=O)N[C@@H](CCC(=O)O)C(=O)N2CCN(OC(=O)OCC)CC2)nc(-c2ccccc2)n1. The van der Waals surface area contributed by atoms with Gasteiger partial charge < -0.3 is 29.6 Å². The van der Waals surface area contributed by atoms with E-state index in [9.17, 15) is 29.1 Å². The molecule has 1 aromatic heterocycles. The Labute approximate surface area is 246 Å². The maximum absolute atomic E-state index is 13.4. The van der Waals surface area contributed by atoms with Crippen molar-refractivity contribution in [3.8, 4) is 11.4 Å². The summed E-state index contributed by atoms with van der Waals surface area (Å²) >= 11 is 1.07. The van der Waals surface area contributed by atoms with Gasteiger partial charge in [0.15, 0.2) is 5.82 Å². The van der Waals surface area contributed by atoms with Crippen molar-refractivity contribution >= 4 is 41.7 Å². The molecule has 0 radical (unpaired) electrons. The molecule has 0 spiro atoms. The number of amides is 2. The van der Waals surface area contributed by atoms with E-state index in [1.165, 1.54) is 16.0 Å². The number of rotatable bonds is 13. The summed E-state index contributed by atoms with van der Waals surface area (Å²) in [5, 5.41) is 13.6. The highest BCUT2D eigenvalue weighted by Crippen LogP contribution is 2.22. The number of carboxylic acid groups (broad SMARTS) is 1. The molecule has 2 aromatic rings. The lowest BCUT2D eigenvalue weighted by atomic mass is 10.1. The molecule has 14 nitrogen and oxygen atoms in total. The summed E-state index contributed by atoms with van der Waals surface area (Å²) in [6.45, 7) is 4.50. The van der Waals surface area contributed by atoms with Gasteiger partial charge in [0, 0.05) is 31.1 Å². The summed E-state index contributed by atoms with van der Waals surface area (Å²) in [6.07, 6.45) is -1.36. The number of hydrogen-bond donors (Lipinski definition) is 2. The monoisotopic (exact) mass is 603 g/mol. The molecule has 2 amide bonds. The number of benzene rings is 1.